The van der Waals surface area contributed by atoms with Gasteiger partial charge in [0.25, 0.3) is 0 Å². The molecule has 1 aliphatic heterocycles. The van der Waals surface area contributed by atoms with Gasteiger partial charge in [-0.25, -0.2) is 9.37 Å². The van der Waals surface area contributed by atoms with Crippen LogP contribution < -0.4 is 4.74 Å². The second-order valence-electron chi connectivity index (χ2n) is 10.0. The molecule has 0 atom stereocenters. The van der Waals surface area contributed by atoms with Gasteiger partial charge in [0, 0.05) is 35.2 Å². The second kappa shape index (κ2) is 8.21. The lowest BCUT2D eigenvalue weighted by Gasteiger charge is -2.15. The Kier molecular flexibility index (Phi) is 4.94. The average molecular weight is 496 g/mol. The van der Waals surface area contributed by atoms with Crippen molar-refractivity contribution in [3.05, 3.63) is 99.1 Å². The van der Waals surface area contributed by atoms with E-state index < -0.39 is 0 Å². The number of imidazole rings is 1. The molecular formula is C30H23ClFN3O. The molecule has 4 aromatic rings. The topological polar surface area (TPSA) is 50.8 Å². The Bertz CT molecular complexity index is 1620. The molecule has 0 spiro atoms. The number of fused-ring (bicyclic) bond motifs is 3. The fourth-order valence-corrected chi connectivity index (χ4v) is 5.59. The summed E-state index contributed by atoms with van der Waals surface area (Å²) >= 11 is 6.48. The molecule has 3 aliphatic rings. The third kappa shape index (κ3) is 3.60. The lowest BCUT2D eigenvalue weighted by Crippen LogP contribution is -2.06. The minimum Gasteiger partial charge on any atom is -0.488 e. The van der Waals surface area contributed by atoms with Gasteiger partial charge in [-0.1, -0.05) is 29.8 Å². The highest BCUT2D eigenvalue weighted by Crippen LogP contribution is 2.46. The summed E-state index contributed by atoms with van der Waals surface area (Å²) in [6.45, 7) is 0.989. The molecule has 178 valence electrons. The highest BCUT2D eigenvalue weighted by Gasteiger charge is 2.33. The van der Waals surface area contributed by atoms with Crippen LogP contribution in [0.1, 0.15) is 59.7 Å². The van der Waals surface area contributed by atoms with Crippen molar-refractivity contribution in [1.29, 1.82) is 5.26 Å². The van der Waals surface area contributed by atoms with Crippen molar-refractivity contribution in [2.45, 2.75) is 44.8 Å². The number of nitrogens with zero attached hydrogens (tertiary/aromatic N) is 3. The van der Waals surface area contributed by atoms with Crippen LogP contribution in [-0.2, 0) is 13.2 Å². The summed E-state index contributed by atoms with van der Waals surface area (Å²) in [7, 11) is 0. The van der Waals surface area contributed by atoms with Crippen LogP contribution in [0.2, 0.25) is 5.02 Å². The van der Waals surface area contributed by atoms with E-state index in [0.717, 1.165) is 75.9 Å². The lowest BCUT2D eigenvalue weighted by atomic mass is 9.88. The molecule has 36 heavy (non-hydrogen) atoms. The third-order valence-corrected chi connectivity index (χ3v) is 7.76. The number of nitriles is 1. The molecule has 4 nitrogen and oxygen atoms in total. The summed E-state index contributed by atoms with van der Waals surface area (Å²) in [5.74, 6) is 1.98. The molecule has 0 unspecified atom stereocenters. The van der Waals surface area contributed by atoms with Gasteiger partial charge < -0.3 is 9.30 Å². The SMILES string of the molecule is N#C/C(=C1\c2ccc(Cn3c(C4CC4)nc4c(Cl)cccc43)cc2COc2cc(F)ccc21)C1CC1. The van der Waals surface area contributed by atoms with Gasteiger partial charge in [-0.3, -0.25) is 0 Å². The molecule has 2 aliphatic carbocycles. The van der Waals surface area contributed by atoms with Crippen LogP contribution in [0.4, 0.5) is 4.39 Å². The molecule has 2 saturated carbocycles. The molecule has 7 rings (SSSR count). The number of hydrogen-bond acceptors (Lipinski definition) is 3. The second-order valence-corrected chi connectivity index (χ2v) is 10.4. The minimum absolute atomic E-state index is 0.261. The van der Waals surface area contributed by atoms with Crippen LogP contribution in [0.3, 0.4) is 0 Å². The first-order valence-electron chi connectivity index (χ1n) is 12.4. The van der Waals surface area contributed by atoms with Crippen molar-refractivity contribution in [3.63, 3.8) is 0 Å². The molecule has 1 aromatic heterocycles. The zero-order chi connectivity index (χ0) is 24.4. The van der Waals surface area contributed by atoms with Gasteiger partial charge >= 0.3 is 0 Å². The van der Waals surface area contributed by atoms with Gasteiger partial charge in [0.15, 0.2) is 0 Å². The Labute approximate surface area is 213 Å². The van der Waals surface area contributed by atoms with Crippen LogP contribution in [0, 0.1) is 23.1 Å². The Morgan fingerprint density at radius 1 is 1.08 bits per heavy atom. The van der Waals surface area contributed by atoms with Crippen molar-refractivity contribution < 1.29 is 9.13 Å². The van der Waals surface area contributed by atoms with E-state index >= 15 is 0 Å². The quantitative estimate of drug-likeness (QED) is 0.277. The van der Waals surface area contributed by atoms with Gasteiger partial charge in [0.2, 0.25) is 0 Å². The summed E-state index contributed by atoms with van der Waals surface area (Å²) in [6, 6.07) is 19.4. The summed E-state index contributed by atoms with van der Waals surface area (Å²) in [5, 5.41) is 10.8. The van der Waals surface area contributed by atoms with Gasteiger partial charge in [0.1, 0.15) is 29.5 Å². The number of halogens is 2. The van der Waals surface area contributed by atoms with Gasteiger partial charge in [-0.05, 0) is 78.6 Å². The van der Waals surface area contributed by atoms with Crippen LogP contribution in [0.15, 0.2) is 60.2 Å². The number of aromatic nitrogens is 2. The van der Waals surface area contributed by atoms with Crippen LogP contribution in [0.5, 0.6) is 5.75 Å². The molecule has 6 heteroatoms. The summed E-state index contributed by atoms with van der Waals surface area (Å²) in [5.41, 5.74) is 7.46. The first-order valence-corrected chi connectivity index (χ1v) is 12.8. The molecule has 0 N–H and O–H groups in total. The third-order valence-electron chi connectivity index (χ3n) is 7.45. The van der Waals surface area contributed by atoms with Crippen molar-refractivity contribution in [2.75, 3.05) is 0 Å². The van der Waals surface area contributed by atoms with E-state index in [1.165, 1.54) is 12.1 Å². The maximum absolute atomic E-state index is 14.1. The van der Waals surface area contributed by atoms with E-state index in [2.05, 4.69) is 34.9 Å². The molecule has 2 fully saturated rings. The van der Waals surface area contributed by atoms with Crippen molar-refractivity contribution in [3.8, 4) is 11.8 Å². The largest absolute Gasteiger partial charge is 0.488 e. The number of ether oxygens (including phenoxy) is 1. The first-order chi connectivity index (χ1) is 17.6. The molecule has 0 bridgehead atoms. The number of para-hydroxylation sites is 1. The molecule has 3 aromatic carbocycles. The number of rotatable bonds is 4. The fourth-order valence-electron chi connectivity index (χ4n) is 5.38. The van der Waals surface area contributed by atoms with E-state index in [-0.39, 0.29) is 11.7 Å². The standard InChI is InChI=1S/C30H23ClFN3O/c31-25-2-1-3-26-29(25)34-30(19-7-8-19)35(26)15-17-4-10-22-20(12-17)16-36-27-13-21(32)9-11-23(27)28(22)24(14-33)18-5-6-18/h1-4,9-13,18-19H,5-8,15-16H2/b28-24-. The molecule has 2 heterocycles. The number of allylic oxidation sites excluding steroid dienone is 1. The van der Waals surface area contributed by atoms with Crippen LogP contribution in [0.25, 0.3) is 16.6 Å². The normalized spacial score (nSPS) is 18.1. The summed E-state index contributed by atoms with van der Waals surface area (Å²) in [6.07, 6.45) is 4.33. The maximum atomic E-state index is 14.1. The van der Waals surface area contributed by atoms with Gasteiger partial charge in [-0.15, -0.1) is 0 Å². The molecular weight excluding hydrogens is 473 g/mol. The highest BCUT2D eigenvalue weighted by atomic mass is 35.5. The Morgan fingerprint density at radius 3 is 2.69 bits per heavy atom. The first kappa shape index (κ1) is 21.6. The summed E-state index contributed by atoms with van der Waals surface area (Å²) in [4.78, 5) is 4.91. The van der Waals surface area contributed by atoms with Gasteiger partial charge in [0.05, 0.1) is 16.6 Å². The van der Waals surface area contributed by atoms with E-state index in [0.29, 0.717) is 29.8 Å². The molecule has 0 amide bonds. The van der Waals surface area contributed by atoms with Crippen LogP contribution in [-0.4, -0.2) is 9.55 Å². The van der Waals surface area contributed by atoms with E-state index in [1.807, 2.05) is 12.1 Å². The molecule has 0 radical (unpaired) electrons. The van der Waals surface area contributed by atoms with Crippen LogP contribution >= 0.6 is 11.6 Å². The van der Waals surface area contributed by atoms with Crippen molar-refractivity contribution >= 4 is 28.2 Å². The van der Waals surface area contributed by atoms with Gasteiger partial charge in [-0.2, -0.15) is 5.26 Å². The predicted octanol–water partition coefficient (Wildman–Crippen LogP) is 7.38. The summed E-state index contributed by atoms with van der Waals surface area (Å²) < 4.78 is 22.5. The fraction of sp³-hybridized carbons (Fsp3) is 0.267. The molecule has 0 saturated heterocycles. The average Bonchev–Trinajstić information content (AvgIpc) is 3.80. The van der Waals surface area contributed by atoms with E-state index in [1.54, 1.807) is 6.07 Å². The Morgan fingerprint density at radius 2 is 1.92 bits per heavy atom. The maximum Gasteiger partial charge on any atom is 0.130 e. The number of benzene rings is 3. The monoisotopic (exact) mass is 495 g/mol. The van der Waals surface area contributed by atoms with E-state index in [4.69, 9.17) is 21.3 Å². The highest BCUT2D eigenvalue weighted by molar-refractivity contribution is 6.34. The number of hydrogen-bond donors (Lipinski definition) is 0. The minimum atomic E-state index is -0.345. The predicted molar refractivity (Wildman–Crippen MR) is 137 cm³/mol. The smallest absolute Gasteiger partial charge is 0.130 e. The Hall–Kier alpha value is -3.62. The lowest BCUT2D eigenvalue weighted by molar-refractivity contribution is 0.305. The van der Waals surface area contributed by atoms with Crippen molar-refractivity contribution in [2.24, 2.45) is 5.92 Å². The Balaban J connectivity index is 1.35. The zero-order valence-corrected chi connectivity index (χ0v) is 20.4. The van der Waals surface area contributed by atoms with E-state index in [9.17, 15) is 9.65 Å². The zero-order valence-electron chi connectivity index (χ0n) is 19.6. The van der Waals surface area contributed by atoms with Crippen molar-refractivity contribution in [1.82, 2.24) is 9.55 Å².